The third-order valence-electron chi connectivity index (χ3n) is 3.77. The van der Waals surface area contributed by atoms with E-state index in [1.807, 2.05) is 6.07 Å². The number of aromatic carboxylic acids is 1. The Bertz CT molecular complexity index is 612. The minimum Gasteiger partial charge on any atom is -0.478 e. The van der Waals surface area contributed by atoms with Crippen LogP contribution < -0.4 is 0 Å². The van der Waals surface area contributed by atoms with Crippen molar-refractivity contribution >= 4 is 17.0 Å². The summed E-state index contributed by atoms with van der Waals surface area (Å²) < 4.78 is 2.30. The zero-order valence-electron chi connectivity index (χ0n) is 10.4. The van der Waals surface area contributed by atoms with E-state index >= 15 is 0 Å². The number of nitrogens with zero attached hydrogens (tertiary/aromatic N) is 2. The molecular formula is C14H16N2O2. The van der Waals surface area contributed by atoms with Crippen molar-refractivity contribution in [3.05, 3.63) is 29.6 Å². The molecule has 1 fully saturated rings. The molecule has 0 unspecified atom stereocenters. The molecule has 0 atom stereocenters. The van der Waals surface area contributed by atoms with Crippen LogP contribution in [-0.2, 0) is 6.42 Å². The molecule has 1 aromatic carbocycles. The molecule has 0 bridgehead atoms. The van der Waals surface area contributed by atoms with Crippen LogP contribution >= 0.6 is 0 Å². The van der Waals surface area contributed by atoms with E-state index in [-0.39, 0.29) is 0 Å². The van der Waals surface area contributed by atoms with Crippen LogP contribution in [0.2, 0.25) is 0 Å². The molecule has 1 aliphatic carbocycles. The highest BCUT2D eigenvalue weighted by atomic mass is 16.4. The van der Waals surface area contributed by atoms with Crippen molar-refractivity contribution in [1.29, 1.82) is 0 Å². The molecular weight excluding hydrogens is 228 g/mol. The number of hydrogen-bond acceptors (Lipinski definition) is 2. The highest BCUT2D eigenvalue weighted by molar-refractivity contribution is 5.92. The molecule has 0 spiro atoms. The van der Waals surface area contributed by atoms with Crippen LogP contribution in [-0.4, -0.2) is 20.6 Å². The molecule has 1 aliphatic rings. The zero-order valence-corrected chi connectivity index (χ0v) is 10.4. The van der Waals surface area contributed by atoms with Gasteiger partial charge in [-0.1, -0.05) is 6.92 Å². The highest BCUT2D eigenvalue weighted by Gasteiger charge is 2.24. The maximum absolute atomic E-state index is 11.0. The Morgan fingerprint density at radius 3 is 2.83 bits per heavy atom. The summed E-state index contributed by atoms with van der Waals surface area (Å²) in [5, 5.41) is 9.01. The first-order valence-electron chi connectivity index (χ1n) is 6.45. The summed E-state index contributed by atoms with van der Waals surface area (Å²) in [6, 6.07) is 5.79. The average Bonchev–Trinajstić information content (AvgIpc) is 2.65. The van der Waals surface area contributed by atoms with Gasteiger partial charge in [0, 0.05) is 12.5 Å². The lowest BCUT2D eigenvalue weighted by Crippen LogP contribution is -2.18. The maximum Gasteiger partial charge on any atom is 0.335 e. The van der Waals surface area contributed by atoms with Gasteiger partial charge in [-0.25, -0.2) is 9.78 Å². The standard InChI is InChI=1S/C14H16N2O2/c1-2-13-15-11-8-9(14(17)18)6-7-12(11)16(13)10-4-3-5-10/h6-8,10H,2-5H2,1H3,(H,17,18). The molecule has 4 nitrogen and oxygen atoms in total. The molecule has 1 N–H and O–H groups in total. The van der Waals surface area contributed by atoms with Gasteiger partial charge in [0.2, 0.25) is 0 Å². The normalized spacial score (nSPS) is 15.8. The quantitative estimate of drug-likeness (QED) is 0.902. The molecule has 4 heteroatoms. The van der Waals surface area contributed by atoms with Gasteiger partial charge in [0.1, 0.15) is 5.82 Å². The van der Waals surface area contributed by atoms with Crippen LogP contribution in [0.15, 0.2) is 18.2 Å². The summed E-state index contributed by atoms with van der Waals surface area (Å²) in [6.45, 7) is 2.09. The SMILES string of the molecule is CCc1nc2cc(C(=O)O)ccc2n1C1CCC1. The Morgan fingerprint density at radius 1 is 1.50 bits per heavy atom. The molecule has 3 rings (SSSR count). The van der Waals surface area contributed by atoms with Crippen LogP contribution in [0.25, 0.3) is 11.0 Å². The number of rotatable bonds is 3. The van der Waals surface area contributed by atoms with E-state index in [1.165, 1.54) is 19.3 Å². The Balaban J connectivity index is 2.17. The van der Waals surface area contributed by atoms with Crippen molar-refractivity contribution in [3.8, 4) is 0 Å². The highest BCUT2D eigenvalue weighted by Crippen LogP contribution is 2.35. The number of carboxylic acid groups (broad SMARTS) is 1. The fourth-order valence-electron chi connectivity index (χ4n) is 2.58. The number of carboxylic acids is 1. The molecule has 94 valence electrons. The first-order chi connectivity index (χ1) is 8.70. The van der Waals surface area contributed by atoms with Crippen LogP contribution in [0.3, 0.4) is 0 Å². The molecule has 1 aromatic heterocycles. The summed E-state index contributed by atoms with van der Waals surface area (Å²) >= 11 is 0. The second-order valence-corrected chi connectivity index (χ2v) is 4.84. The van der Waals surface area contributed by atoms with Gasteiger partial charge in [-0.15, -0.1) is 0 Å². The number of carbonyl (C=O) groups is 1. The Hall–Kier alpha value is -1.84. The van der Waals surface area contributed by atoms with E-state index in [0.717, 1.165) is 23.3 Å². The third kappa shape index (κ3) is 1.60. The van der Waals surface area contributed by atoms with E-state index < -0.39 is 5.97 Å². The zero-order chi connectivity index (χ0) is 12.7. The van der Waals surface area contributed by atoms with E-state index in [2.05, 4.69) is 16.5 Å². The van der Waals surface area contributed by atoms with Gasteiger partial charge in [0.05, 0.1) is 16.6 Å². The fraction of sp³-hybridized carbons (Fsp3) is 0.429. The van der Waals surface area contributed by atoms with E-state index in [4.69, 9.17) is 5.11 Å². The second kappa shape index (κ2) is 4.12. The number of fused-ring (bicyclic) bond motifs is 1. The lowest BCUT2D eigenvalue weighted by atomic mass is 9.92. The number of imidazole rings is 1. The van der Waals surface area contributed by atoms with Crippen molar-refractivity contribution in [1.82, 2.24) is 9.55 Å². The molecule has 0 saturated heterocycles. The molecule has 1 heterocycles. The van der Waals surface area contributed by atoms with E-state index in [0.29, 0.717) is 11.6 Å². The number of aryl methyl sites for hydroxylation is 1. The first kappa shape index (κ1) is 11.3. The maximum atomic E-state index is 11.0. The molecule has 0 aliphatic heterocycles. The molecule has 0 radical (unpaired) electrons. The first-order valence-corrected chi connectivity index (χ1v) is 6.45. The van der Waals surface area contributed by atoms with Crippen molar-refractivity contribution < 1.29 is 9.90 Å². The molecule has 18 heavy (non-hydrogen) atoms. The molecule has 1 saturated carbocycles. The molecule has 0 amide bonds. The summed E-state index contributed by atoms with van der Waals surface area (Å²) in [6.07, 6.45) is 4.58. The van der Waals surface area contributed by atoms with Gasteiger partial charge >= 0.3 is 5.97 Å². The Morgan fingerprint density at radius 2 is 2.28 bits per heavy atom. The van der Waals surface area contributed by atoms with Crippen molar-refractivity contribution in [2.24, 2.45) is 0 Å². The van der Waals surface area contributed by atoms with Gasteiger partial charge < -0.3 is 9.67 Å². The monoisotopic (exact) mass is 244 g/mol. The Labute approximate surface area is 105 Å². The summed E-state index contributed by atoms with van der Waals surface area (Å²) in [5.41, 5.74) is 2.18. The minimum absolute atomic E-state index is 0.309. The fourth-order valence-corrected chi connectivity index (χ4v) is 2.58. The van der Waals surface area contributed by atoms with Gasteiger partial charge in [-0.05, 0) is 37.5 Å². The van der Waals surface area contributed by atoms with E-state index in [9.17, 15) is 4.79 Å². The van der Waals surface area contributed by atoms with Crippen LogP contribution in [0.4, 0.5) is 0 Å². The number of hydrogen-bond donors (Lipinski definition) is 1. The predicted molar refractivity (Wildman–Crippen MR) is 69.0 cm³/mol. The second-order valence-electron chi connectivity index (χ2n) is 4.84. The van der Waals surface area contributed by atoms with Crippen LogP contribution in [0, 0.1) is 0 Å². The number of aromatic nitrogens is 2. The lowest BCUT2D eigenvalue weighted by molar-refractivity contribution is 0.0697. The minimum atomic E-state index is -0.895. The van der Waals surface area contributed by atoms with Crippen LogP contribution in [0.1, 0.15) is 48.4 Å². The van der Waals surface area contributed by atoms with Crippen LogP contribution in [0.5, 0.6) is 0 Å². The topological polar surface area (TPSA) is 55.1 Å². The lowest BCUT2D eigenvalue weighted by Gasteiger charge is -2.29. The summed E-state index contributed by atoms with van der Waals surface area (Å²) in [7, 11) is 0. The Kier molecular flexibility index (Phi) is 2.58. The third-order valence-corrected chi connectivity index (χ3v) is 3.77. The summed E-state index contributed by atoms with van der Waals surface area (Å²) in [4.78, 5) is 15.5. The van der Waals surface area contributed by atoms with Gasteiger partial charge in [0.15, 0.2) is 0 Å². The predicted octanol–water partition coefficient (Wildman–Crippen LogP) is 3.02. The van der Waals surface area contributed by atoms with Gasteiger partial charge in [-0.3, -0.25) is 0 Å². The van der Waals surface area contributed by atoms with Crippen molar-refractivity contribution in [3.63, 3.8) is 0 Å². The number of benzene rings is 1. The average molecular weight is 244 g/mol. The van der Waals surface area contributed by atoms with Gasteiger partial charge in [-0.2, -0.15) is 0 Å². The van der Waals surface area contributed by atoms with Gasteiger partial charge in [0.25, 0.3) is 0 Å². The summed E-state index contributed by atoms with van der Waals surface area (Å²) in [5.74, 6) is 0.172. The largest absolute Gasteiger partial charge is 0.478 e. The van der Waals surface area contributed by atoms with E-state index in [1.54, 1.807) is 12.1 Å². The van der Waals surface area contributed by atoms with Crippen molar-refractivity contribution in [2.75, 3.05) is 0 Å². The smallest absolute Gasteiger partial charge is 0.335 e. The molecule has 2 aromatic rings. The van der Waals surface area contributed by atoms with Crippen molar-refractivity contribution in [2.45, 2.75) is 38.6 Å².